The van der Waals surface area contributed by atoms with Crippen LogP contribution in [0.3, 0.4) is 0 Å². The molecular formula is C13H23N3O2S. The molecule has 0 aliphatic carbocycles. The summed E-state index contributed by atoms with van der Waals surface area (Å²) in [6, 6.07) is 5.84. The number of nitrogens with one attached hydrogen (secondary N) is 2. The minimum absolute atomic E-state index is 0.480. The van der Waals surface area contributed by atoms with E-state index in [1.54, 1.807) is 0 Å². The lowest BCUT2D eigenvalue weighted by Gasteiger charge is -2.25. The molecule has 0 heterocycles. The number of nitrogen functional groups attached to an aromatic ring is 1. The van der Waals surface area contributed by atoms with Gasteiger partial charge in [0.1, 0.15) is 0 Å². The molecule has 1 unspecified atom stereocenters. The van der Waals surface area contributed by atoms with Gasteiger partial charge in [0.15, 0.2) is 0 Å². The van der Waals surface area contributed by atoms with E-state index in [0.717, 1.165) is 29.8 Å². The monoisotopic (exact) mass is 285 g/mol. The highest BCUT2D eigenvalue weighted by atomic mass is 32.2. The Hall–Kier alpha value is -1.11. The highest BCUT2D eigenvalue weighted by Crippen LogP contribution is 2.20. The van der Waals surface area contributed by atoms with Crippen molar-refractivity contribution in [3.05, 3.63) is 23.8 Å². The second kappa shape index (κ2) is 6.88. The molecule has 0 amide bonds. The largest absolute Gasteiger partial charge is 0.399 e. The average molecular weight is 285 g/mol. The number of anilines is 2. The maximum absolute atomic E-state index is 10.8. The Morgan fingerprint density at radius 1 is 1.42 bits per heavy atom. The maximum Gasteiger partial charge on any atom is 0.232 e. The summed E-state index contributed by atoms with van der Waals surface area (Å²) in [4.78, 5) is 0. The standard InChI is InChI=1S/C13H23N3O2S/c1-4-5-10-8-11(6-7-12(10)14)15-9-13(2,3)16-19(17)18/h6-8,15-16H,4-5,9,14H2,1-3H3,(H,17,18). The quantitative estimate of drug-likeness (QED) is 0.456. The molecule has 19 heavy (non-hydrogen) atoms. The van der Waals surface area contributed by atoms with E-state index in [1.165, 1.54) is 0 Å². The van der Waals surface area contributed by atoms with Gasteiger partial charge in [-0.05, 0) is 44.0 Å². The molecule has 5 N–H and O–H groups in total. The molecule has 0 aliphatic heterocycles. The number of aryl methyl sites for hydroxylation is 1. The predicted octanol–water partition coefficient (Wildman–Crippen LogP) is 2.14. The van der Waals surface area contributed by atoms with E-state index in [-0.39, 0.29) is 0 Å². The molecule has 0 aliphatic rings. The molecule has 6 heteroatoms. The first-order valence-electron chi connectivity index (χ1n) is 6.35. The van der Waals surface area contributed by atoms with Crippen LogP contribution in [0.1, 0.15) is 32.8 Å². The molecule has 0 saturated heterocycles. The third-order valence-corrected chi connectivity index (χ3v) is 3.49. The van der Waals surface area contributed by atoms with Crippen molar-refractivity contribution in [2.24, 2.45) is 0 Å². The zero-order valence-corrected chi connectivity index (χ0v) is 12.5. The lowest BCUT2D eigenvalue weighted by molar-refractivity contribution is 0.461. The molecule has 0 spiro atoms. The number of nitrogens with two attached hydrogens (primary N) is 1. The highest BCUT2D eigenvalue weighted by Gasteiger charge is 2.19. The minimum Gasteiger partial charge on any atom is -0.399 e. The van der Waals surface area contributed by atoms with Gasteiger partial charge in [0.2, 0.25) is 11.3 Å². The van der Waals surface area contributed by atoms with Gasteiger partial charge < -0.3 is 11.1 Å². The van der Waals surface area contributed by atoms with Crippen molar-refractivity contribution in [2.45, 2.75) is 39.2 Å². The fraction of sp³-hybridized carbons (Fsp3) is 0.538. The second-order valence-corrected chi connectivity index (χ2v) is 5.95. The molecule has 0 radical (unpaired) electrons. The molecule has 108 valence electrons. The van der Waals surface area contributed by atoms with Crippen molar-refractivity contribution in [1.82, 2.24) is 4.72 Å². The van der Waals surface area contributed by atoms with Gasteiger partial charge in [0.05, 0.1) is 0 Å². The fourth-order valence-corrected chi connectivity index (χ4v) is 2.34. The Morgan fingerprint density at radius 3 is 2.68 bits per heavy atom. The summed E-state index contributed by atoms with van der Waals surface area (Å²) in [6.45, 7) is 6.37. The van der Waals surface area contributed by atoms with Crippen LogP contribution >= 0.6 is 0 Å². The highest BCUT2D eigenvalue weighted by molar-refractivity contribution is 7.77. The Morgan fingerprint density at radius 2 is 2.11 bits per heavy atom. The van der Waals surface area contributed by atoms with E-state index in [4.69, 9.17) is 10.3 Å². The lowest BCUT2D eigenvalue weighted by atomic mass is 10.1. The number of hydrogen-bond donors (Lipinski definition) is 4. The van der Waals surface area contributed by atoms with E-state index in [0.29, 0.717) is 6.54 Å². The van der Waals surface area contributed by atoms with Crippen molar-refractivity contribution in [2.75, 3.05) is 17.6 Å². The van der Waals surface area contributed by atoms with E-state index < -0.39 is 16.8 Å². The molecule has 1 rings (SSSR count). The molecule has 1 aromatic carbocycles. The third-order valence-electron chi connectivity index (χ3n) is 2.76. The van der Waals surface area contributed by atoms with Crippen molar-refractivity contribution in [1.29, 1.82) is 0 Å². The molecule has 5 nitrogen and oxygen atoms in total. The van der Waals surface area contributed by atoms with Gasteiger partial charge in [-0.15, -0.1) is 0 Å². The first-order valence-corrected chi connectivity index (χ1v) is 7.45. The summed E-state index contributed by atoms with van der Waals surface area (Å²) in [5, 5.41) is 3.25. The molecule has 0 fully saturated rings. The summed E-state index contributed by atoms with van der Waals surface area (Å²) in [5.41, 5.74) is 8.33. The van der Waals surface area contributed by atoms with Gasteiger partial charge >= 0.3 is 0 Å². The fourth-order valence-electron chi connectivity index (χ4n) is 1.80. The molecule has 0 saturated carbocycles. The second-order valence-electron chi connectivity index (χ2n) is 5.25. The number of hydrogen-bond acceptors (Lipinski definition) is 3. The predicted molar refractivity (Wildman–Crippen MR) is 81.3 cm³/mol. The summed E-state index contributed by atoms with van der Waals surface area (Å²) in [5.74, 6) is 0. The SMILES string of the molecule is CCCc1cc(NCC(C)(C)NS(=O)O)ccc1N. The topological polar surface area (TPSA) is 87.4 Å². The van der Waals surface area contributed by atoms with Gasteiger partial charge in [-0.3, -0.25) is 4.55 Å². The third kappa shape index (κ3) is 5.59. The van der Waals surface area contributed by atoms with Crippen LogP contribution in [0.4, 0.5) is 11.4 Å². The smallest absolute Gasteiger partial charge is 0.232 e. The van der Waals surface area contributed by atoms with E-state index in [9.17, 15) is 4.21 Å². The maximum atomic E-state index is 10.8. The lowest BCUT2D eigenvalue weighted by Crippen LogP contribution is -2.45. The Bertz CT molecular complexity index is 450. The number of rotatable bonds is 7. The van der Waals surface area contributed by atoms with Crippen LogP contribution in [-0.4, -0.2) is 20.8 Å². The first kappa shape index (κ1) is 15.9. The van der Waals surface area contributed by atoms with Crippen molar-refractivity contribution in [3.8, 4) is 0 Å². The van der Waals surface area contributed by atoms with E-state index in [2.05, 4.69) is 17.0 Å². The van der Waals surface area contributed by atoms with Gasteiger partial charge in [0.25, 0.3) is 0 Å². The van der Waals surface area contributed by atoms with Crippen LogP contribution in [0.2, 0.25) is 0 Å². The van der Waals surface area contributed by atoms with Crippen LogP contribution in [0.15, 0.2) is 18.2 Å². The summed E-state index contributed by atoms with van der Waals surface area (Å²) in [6.07, 6.45) is 1.99. The Balaban J connectivity index is 2.67. The van der Waals surface area contributed by atoms with Crippen LogP contribution in [0.25, 0.3) is 0 Å². The minimum atomic E-state index is -2.01. The van der Waals surface area contributed by atoms with Crippen LogP contribution < -0.4 is 15.8 Å². The molecular weight excluding hydrogens is 262 g/mol. The first-order chi connectivity index (χ1) is 8.84. The Kier molecular flexibility index (Phi) is 5.78. The van der Waals surface area contributed by atoms with Crippen molar-refractivity contribution >= 4 is 22.6 Å². The van der Waals surface area contributed by atoms with Gasteiger partial charge in [-0.25, -0.2) is 8.93 Å². The van der Waals surface area contributed by atoms with Crippen LogP contribution in [-0.2, 0) is 17.7 Å². The molecule has 0 aromatic heterocycles. The van der Waals surface area contributed by atoms with Crippen molar-refractivity contribution in [3.63, 3.8) is 0 Å². The molecule has 1 aromatic rings. The van der Waals surface area contributed by atoms with Gasteiger partial charge in [-0.1, -0.05) is 13.3 Å². The van der Waals surface area contributed by atoms with Gasteiger partial charge in [0, 0.05) is 23.5 Å². The average Bonchev–Trinajstić information content (AvgIpc) is 2.29. The molecule has 1 atom stereocenters. The van der Waals surface area contributed by atoms with Crippen LogP contribution in [0.5, 0.6) is 0 Å². The van der Waals surface area contributed by atoms with Gasteiger partial charge in [-0.2, -0.15) is 0 Å². The summed E-state index contributed by atoms with van der Waals surface area (Å²) >= 11 is -2.01. The number of benzene rings is 1. The normalized spacial score (nSPS) is 13.3. The van der Waals surface area contributed by atoms with E-state index in [1.807, 2.05) is 32.0 Å². The zero-order valence-electron chi connectivity index (χ0n) is 11.7. The van der Waals surface area contributed by atoms with Crippen molar-refractivity contribution < 1.29 is 8.76 Å². The zero-order chi connectivity index (χ0) is 14.5. The summed E-state index contributed by atoms with van der Waals surface area (Å²) < 4.78 is 22.2. The summed E-state index contributed by atoms with van der Waals surface area (Å²) in [7, 11) is 0. The molecule has 0 bridgehead atoms. The Labute approximate surface area is 117 Å². The van der Waals surface area contributed by atoms with E-state index >= 15 is 0 Å². The van der Waals surface area contributed by atoms with Crippen LogP contribution in [0, 0.1) is 0 Å².